The molecule has 0 aliphatic heterocycles. The second-order valence-electron chi connectivity index (χ2n) is 4.23. The summed E-state index contributed by atoms with van der Waals surface area (Å²) >= 11 is 3.15. The number of hydrogen-bond acceptors (Lipinski definition) is 4. The van der Waals surface area contributed by atoms with Crippen LogP contribution in [0.1, 0.15) is 18.9 Å². The Morgan fingerprint density at radius 1 is 1.35 bits per heavy atom. The summed E-state index contributed by atoms with van der Waals surface area (Å²) in [6, 6.07) is 8.84. The third kappa shape index (κ3) is 3.54. The lowest BCUT2D eigenvalue weighted by Crippen LogP contribution is -1.96. The van der Waals surface area contributed by atoms with Gasteiger partial charge in [-0.1, -0.05) is 25.5 Å². The Labute approximate surface area is 124 Å². The van der Waals surface area contributed by atoms with Gasteiger partial charge < -0.3 is 4.74 Å². The van der Waals surface area contributed by atoms with E-state index in [1.54, 1.807) is 12.1 Å². The van der Waals surface area contributed by atoms with E-state index in [9.17, 15) is 10.1 Å². The fourth-order valence-corrected chi connectivity index (χ4v) is 2.07. The van der Waals surface area contributed by atoms with Crippen molar-refractivity contribution < 1.29 is 9.66 Å². The molecule has 0 aliphatic rings. The first kappa shape index (κ1) is 14.5. The van der Waals surface area contributed by atoms with Crippen LogP contribution in [0.25, 0.3) is 0 Å². The van der Waals surface area contributed by atoms with Gasteiger partial charge in [0.1, 0.15) is 5.75 Å². The lowest BCUT2D eigenvalue weighted by molar-refractivity contribution is -0.386. The topological polar surface area (TPSA) is 65.3 Å². The van der Waals surface area contributed by atoms with Crippen LogP contribution < -0.4 is 4.74 Å². The monoisotopic (exact) mass is 336 g/mol. The highest BCUT2D eigenvalue weighted by Gasteiger charge is 2.18. The molecular weight excluding hydrogens is 324 g/mol. The van der Waals surface area contributed by atoms with Crippen LogP contribution in [0.5, 0.6) is 11.6 Å². The van der Waals surface area contributed by atoms with E-state index < -0.39 is 4.92 Å². The van der Waals surface area contributed by atoms with Crippen LogP contribution in [-0.4, -0.2) is 9.91 Å². The van der Waals surface area contributed by atoms with Gasteiger partial charge in [0.2, 0.25) is 0 Å². The van der Waals surface area contributed by atoms with Gasteiger partial charge in [-0.15, -0.1) is 0 Å². The summed E-state index contributed by atoms with van der Waals surface area (Å²) in [5, 5.41) is 11.0. The van der Waals surface area contributed by atoms with Gasteiger partial charge in [-0.3, -0.25) is 10.1 Å². The van der Waals surface area contributed by atoms with Gasteiger partial charge in [0, 0.05) is 16.7 Å². The van der Waals surface area contributed by atoms with Gasteiger partial charge in [0.15, 0.2) is 0 Å². The highest BCUT2D eigenvalue weighted by Crippen LogP contribution is 2.31. The maximum atomic E-state index is 11.0. The largest absolute Gasteiger partial charge is 0.434 e. The fraction of sp³-hybridized carbons (Fsp3) is 0.214. The maximum Gasteiger partial charge on any atom is 0.332 e. The number of pyridine rings is 1. The van der Waals surface area contributed by atoms with Crippen molar-refractivity contribution in [2.45, 2.75) is 19.8 Å². The maximum absolute atomic E-state index is 11.0. The van der Waals surface area contributed by atoms with E-state index in [1.165, 1.54) is 17.8 Å². The average molecular weight is 337 g/mol. The molecule has 20 heavy (non-hydrogen) atoms. The van der Waals surface area contributed by atoms with Crippen molar-refractivity contribution in [3.8, 4) is 11.6 Å². The molecule has 0 bridgehead atoms. The molecule has 5 nitrogen and oxygen atoms in total. The number of nitrogens with zero attached hydrogens (tertiary/aromatic N) is 2. The van der Waals surface area contributed by atoms with E-state index in [4.69, 9.17) is 4.74 Å². The van der Waals surface area contributed by atoms with Crippen molar-refractivity contribution in [1.29, 1.82) is 0 Å². The molecule has 0 aliphatic carbocycles. The first-order valence-electron chi connectivity index (χ1n) is 6.17. The van der Waals surface area contributed by atoms with Crippen LogP contribution in [0.3, 0.4) is 0 Å². The van der Waals surface area contributed by atoms with Crippen molar-refractivity contribution >= 4 is 21.6 Å². The minimum atomic E-state index is -0.515. The van der Waals surface area contributed by atoms with Crippen molar-refractivity contribution in [3.63, 3.8) is 0 Å². The Balaban J connectivity index is 2.23. The van der Waals surface area contributed by atoms with E-state index in [1.807, 2.05) is 12.1 Å². The SMILES string of the molecule is CCCc1ccc(Oc2ncc(Br)cc2[N+](=O)[O-])cc1. The summed E-state index contributed by atoms with van der Waals surface area (Å²) < 4.78 is 6.02. The van der Waals surface area contributed by atoms with Crippen LogP contribution in [0, 0.1) is 10.1 Å². The molecule has 0 atom stereocenters. The fourth-order valence-electron chi connectivity index (χ4n) is 1.75. The average Bonchev–Trinajstić information content (AvgIpc) is 2.43. The Morgan fingerprint density at radius 3 is 2.65 bits per heavy atom. The van der Waals surface area contributed by atoms with Crippen molar-refractivity contribution in [1.82, 2.24) is 4.98 Å². The molecule has 0 amide bonds. The molecule has 0 fully saturated rings. The summed E-state index contributed by atoms with van der Waals surface area (Å²) in [5.41, 5.74) is 1.04. The molecule has 1 aromatic heterocycles. The van der Waals surface area contributed by atoms with E-state index in [-0.39, 0.29) is 11.6 Å². The third-order valence-electron chi connectivity index (χ3n) is 2.67. The number of hydrogen-bond donors (Lipinski definition) is 0. The summed E-state index contributed by atoms with van der Waals surface area (Å²) in [6.45, 7) is 2.11. The molecule has 6 heteroatoms. The molecule has 104 valence electrons. The van der Waals surface area contributed by atoms with E-state index in [2.05, 4.69) is 27.8 Å². The van der Waals surface area contributed by atoms with Gasteiger partial charge >= 0.3 is 5.69 Å². The zero-order valence-corrected chi connectivity index (χ0v) is 12.5. The predicted octanol–water partition coefficient (Wildman–Crippen LogP) is 4.50. The molecule has 2 rings (SSSR count). The van der Waals surface area contributed by atoms with E-state index in [0.29, 0.717) is 10.2 Å². The molecular formula is C14H13BrN2O3. The normalized spacial score (nSPS) is 10.3. The highest BCUT2D eigenvalue weighted by atomic mass is 79.9. The summed E-state index contributed by atoms with van der Waals surface area (Å²) in [7, 11) is 0. The number of benzene rings is 1. The first-order valence-corrected chi connectivity index (χ1v) is 6.96. The van der Waals surface area contributed by atoms with Crippen LogP contribution in [-0.2, 0) is 6.42 Å². The first-order chi connectivity index (χ1) is 9.60. The van der Waals surface area contributed by atoms with Crippen LogP contribution in [0.4, 0.5) is 5.69 Å². The molecule has 1 aromatic carbocycles. The standard InChI is InChI=1S/C14H13BrN2O3/c1-2-3-10-4-6-12(7-5-10)20-14-13(17(18)19)8-11(15)9-16-14/h4-9H,2-3H2,1H3. The molecule has 0 spiro atoms. The summed E-state index contributed by atoms with van der Waals surface area (Å²) in [5.74, 6) is 0.518. The van der Waals surface area contributed by atoms with Crippen LogP contribution >= 0.6 is 15.9 Å². The molecule has 1 heterocycles. The van der Waals surface area contributed by atoms with Gasteiger partial charge in [-0.25, -0.2) is 4.98 Å². The van der Waals surface area contributed by atoms with E-state index in [0.717, 1.165) is 12.8 Å². The van der Waals surface area contributed by atoms with Gasteiger partial charge in [-0.05, 0) is 40.0 Å². The molecule has 0 saturated heterocycles. The Kier molecular flexibility index (Phi) is 4.68. The number of ether oxygens (including phenoxy) is 1. The number of nitro groups is 1. The van der Waals surface area contributed by atoms with Crippen molar-refractivity contribution in [3.05, 3.63) is 56.7 Å². The zero-order chi connectivity index (χ0) is 14.5. The Bertz CT molecular complexity index is 614. The third-order valence-corrected chi connectivity index (χ3v) is 3.11. The molecule has 0 radical (unpaired) electrons. The Hall–Kier alpha value is -1.95. The minimum Gasteiger partial charge on any atom is -0.434 e. The highest BCUT2D eigenvalue weighted by molar-refractivity contribution is 9.10. The van der Waals surface area contributed by atoms with E-state index >= 15 is 0 Å². The molecule has 0 unspecified atom stereocenters. The second kappa shape index (κ2) is 6.47. The van der Waals surface area contributed by atoms with Crippen molar-refractivity contribution in [2.75, 3.05) is 0 Å². The number of rotatable bonds is 5. The molecule has 0 saturated carbocycles. The smallest absolute Gasteiger partial charge is 0.332 e. The van der Waals surface area contributed by atoms with Crippen molar-refractivity contribution in [2.24, 2.45) is 0 Å². The number of halogens is 1. The second-order valence-corrected chi connectivity index (χ2v) is 5.15. The minimum absolute atomic E-state index is 0.0126. The van der Waals surface area contributed by atoms with Gasteiger partial charge in [-0.2, -0.15) is 0 Å². The quantitative estimate of drug-likeness (QED) is 0.595. The predicted molar refractivity (Wildman–Crippen MR) is 79.1 cm³/mol. The number of aromatic nitrogens is 1. The van der Waals surface area contributed by atoms with Gasteiger partial charge in [0.25, 0.3) is 5.88 Å². The summed E-state index contributed by atoms with van der Waals surface area (Å²) in [6.07, 6.45) is 3.53. The molecule has 2 aromatic rings. The summed E-state index contributed by atoms with van der Waals surface area (Å²) in [4.78, 5) is 14.4. The van der Waals surface area contributed by atoms with Gasteiger partial charge in [0.05, 0.1) is 4.92 Å². The number of aryl methyl sites for hydroxylation is 1. The van der Waals surface area contributed by atoms with Crippen LogP contribution in [0.2, 0.25) is 0 Å². The zero-order valence-electron chi connectivity index (χ0n) is 10.9. The molecule has 0 N–H and O–H groups in total. The lowest BCUT2D eigenvalue weighted by Gasteiger charge is -2.06. The lowest BCUT2D eigenvalue weighted by atomic mass is 10.1. The van der Waals surface area contributed by atoms with Crippen LogP contribution in [0.15, 0.2) is 41.0 Å². The Morgan fingerprint density at radius 2 is 2.05 bits per heavy atom.